The molecule has 0 fully saturated rings. The van der Waals surface area contributed by atoms with E-state index in [9.17, 15) is 0 Å². The fourth-order valence-corrected chi connectivity index (χ4v) is 7.82. The van der Waals surface area contributed by atoms with Crippen LogP contribution in [0, 0.1) is 0 Å². The summed E-state index contributed by atoms with van der Waals surface area (Å²) in [5, 5.41) is 4.70. The Hall–Kier alpha value is -6.20. The molecule has 0 saturated heterocycles. The molecule has 9 aromatic rings. The molecule has 11 rings (SSSR count). The van der Waals surface area contributed by atoms with Gasteiger partial charge in [0, 0.05) is 49.3 Å². The second-order valence-electron chi connectivity index (χ2n) is 12.4. The van der Waals surface area contributed by atoms with E-state index in [0.29, 0.717) is 0 Å². The van der Waals surface area contributed by atoms with Crippen LogP contribution in [0.2, 0.25) is 0 Å². The van der Waals surface area contributed by atoms with Crippen molar-refractivity contribution in [3.05, 3.63) is 146 Å². The summed E-state index contributed by atoms with van der Waals surface area (Å²) in [5.41, 5.74) is 11.5. The number of benzene rings is 7. The highest BCUT2D eigenvalue weighted by Crippen LogP contribution is 2.44. The summed E-state index contributed by atoms with van der Waals surface area (Å²) in [7, 11) is 0. The lowest BCUT2D eigenvalue weighted by molar-refractivity contribution is 0.479. The van der Waals surface area contributed by atoms with Crippen LogP contribution in [0.4, 0.5) is 0 Å². The first-order valence-electron chi connectivity index (χ1n) is 16.0. The van der Waals surface area contributed by atoms with Crippen LogP contribution in [-0.2, 0) is 0 Å². The van der Waals surface area contributed by atoms with Gasteiger partial charge in [-0.2, -0.15) is 0 Å². The first-order chi connectivity index (χ1) is 23.3. The van der Waals surface area contributed by atoms with Crippen LogP contribution in [0.1, 0.15) is 0 Å². The van der Waals surface area contributed by atoms with Crippen molar-refractivity contribution in [3.63, 3.8) is 0 Å². The number of hydrogen-bond donors (Lipinski definition) is 0. The second kappa shape index (κ2) is 9.18. The number of fused-ring (bicyclic) bond motifs is 10. The Balaban J connectivity index is 1.13. The molecule has 4 nitrogen and oxygen atoms in total. The number of ether oxygens (including phenoxy) is 1. The standard InChI is InChI=1S/C42H24BNO3/c1-5-16-35-28(10-1)29-11-2-6-17-36(29)44(35)26-20-21-39-34(24-26)43-41-33(31-13-4-8-19-38(31)47-43)22-25(23-40(41)45-39)27-14-9-15-32-30-12-3-7-18-37(30)46-42(27)32/h1-24H. The van der Waals surface area contributed by atoms with Gasteiger partial charge in [0.2, 0.25) is 0 Å². The van der Waals surface area contributed by atoms with Crippen molar-refractivity contribution < 1.29 is 13.8 Å². The number of rotatable bonds is 2. The maximum absolute atomic E-state index is 6.86. The maximum Gasteiger partial charge on any atom is 0.434 e. The molecule has 2 aromatic heterocycles. The van der Waals surface area contributed by atoms with Gasteiger partial charge in [0.05, 0.1) is 11.0 Å². The van der Waals surface area contributed by atoms with Crippen molar-refractivity contribution in [2.24, 2.45) is 0 Å². The van der Waals surface area contributed by atoms with Crippen LogP contribution in [0.25, 0.3) is 71.7 Å². The Morgan fingerprint density at radius 3 is 2.04 bits per heavy atom. The zero-order valence-electron chi connectivity index (χ0n) is 25.1. The lowest BCUT2D eigenvalue weighted by atomic mass is 9.50. The molecular weight excluding hydrogens is 577 g/mol. The fourth-order valence-electron chi connectivity index (χ4n) is 7.82. The third-order valence-electron chi connectivity index (χ3n) is 9.88. The lowest BCUT2D eigenvalue weighted by Gasteiger charge is -2.33. The molecule has 0 N–H and O–H groups in total. The van der Waals surface area contributed by atoms with Gasteiger partial charge in [0.1, 0.15) is 28.4 Å². The number of aromatic nitrogens is 1. The van der Waals surface area contributed by atoms with E-state index in [1.807, 2.05) is 18.2 Å². The van der Waals surface area contributed by atoms with E-state index >= 15 is 0 Å². The highest BCUT2D eigenvalue weighted by atomic mass is 16.5. The Morgan fingerprint density at radius 2 is 1.19 bits per heavy atom. The van der Waals surface area contributed by atoms with E-state index < -0.39 is 0 Å². The Bertz CT molecular complexity index is 2720. The van der Waals surface area contributed by atoms with Gasteiger partial charge in [-0.25, -0.2) is 0 Å². The third-order valence-corrected chi connectivity index (χ3v) is 9.88. The summed E-state index contributed by atoms with van der Waals surface area (Å²) >= 11 is 0. The zero-order chi connectivity index (χ0) is 30.6. The number of furan rings is 1. The Labute approximate surface area is 270 Å². The molecule has 0 amide bonds. The van der Waals surface area contributed by atoms with Crippen LogP contribution in [0.5, 0.6) is 17.2 Å². The molecule has 5 heteroatoms. The van der Waals surface area contributed by atoms with Gasteiger partial charge >= 0.3 is 6.92 Å². The van der Waals surface area contributed by atoms with Gasteiger partial charge < -0.3 is 18.4 Å². The van der Waals surface area contributed by atoms with E-state index in [0.717, 1.165) is 78.1 Å². The molecule has 0 spiro atoms. The molecule has 0 unspecified atom stereocenters. The third kappa shape index (κ3) is 3.43. The zero-order valence-corrected chi connectivity index (χ0v) is 25.1. The van der Waals surface area contributed by atoms with Crippen LogP contribution in [0.15, 0.2) is 150 Å². The molecule has 2 aliphatic heterocycles. The molecular formula is C42H24BNO3. The van der Waals surface area contributed by atoms with E-state index in [4.69, 9.17) is 13.8 Å². The normalized spacial score (nSPS) is 13.0. The molecule has 0 saturated carbocycles. The minimum absolute atomic E-state index is 0.317. The van der Waals surface area contributed by atoms with Crippen LogP contribution in [0.3, 0.4) is 0 Å². The largest absolute Gasteiger partial charge is 0.551 e. The first-order valence-corrected chi connectivity index (χ1v) is 16.0. The second-order valence-corrected chi connectivity index (χ2v) is 12.4. The maximum atomic E-state index is 6.86. The summed E-state index contributed by atoms with van der Waals surface area (Å²) < 4.78 is 22.5. The first kappa shape index (κ1) is 25.0. The Morgan fingerprint density at radius 1 is 0.489 bits per heavy atom. The van der Waals surface area contributed by atoms with Crippen LogP contribution >= 0.6 is 0 Å². The van der Waals surface area contributed by atoms with Gasteiger partial charge in [-0.05, 0) is 65.7 Å². The summed E-state index contributed by atoms with van der Waals surface area (Å²) in [6, 6.07) is 51.0. The monoisotopic (exact) mass is 601 g/mol. The van der Waals surface area contributed by atoms with Gasteiger partial charge in [-0.1, -0.05) is 91.0 Å². The highest BCUT2D eigenvalue weighted by molar-refractivity contribution is 6.84. The number of hydrogen-bond acceptors (Lipinski definition) is 3. The fraction of sp³-hybridized carbons (Fsp3) is 0. The number of para-hydroxylation sites is 5. The smallest absolute Gasteiger partial charge is 0.434 e. The van der Waals surface area contributed by atoms with Crippen molar-refractivity contribution in [2.75, 3.05) is 0 Å². The predicted molar refractivity (Wildman–Crippen MR) is 191 cm³/mol. The molecule has 0 atom stereocenters. The minimum Gasteiger partial charge on any atom is -0.551 e. The molecule has 0 bridgehead atoms. The summed E-state index contributed by atoms with van der Waals surface area (Å²) in [6.07, 6.45) is 0. The molecule has 0 aliphatic carbocycles. The molecule has 7 aromatic carbocycles. The summed E-state index contributed by atoms with van der Waals surface area (Å²) in [6.45, 7) is -0.317. The number of nitrogens with zero attached hydrogens (tertiary/aromatic N) is 1. The van der Waals surface area contributed by atoms with Crippen LogP contribution < -0.4 is 20.3 Å². The minimum atomic E-state index is -0.317. The molecule has 4 heterocycles. The van der Waals surface area contributed by atoms with E-state index in [-0.39, 0.29) is 6.92 Å². The van der Waals surface area contributed by atoms with Crippen molar-refractivity contribution in [1.82, 2.24) is 4.57 Å². The van der Waals surface area contributed by atoms with Crippen molar-refractivity contribution in [1.29, 1.82) is 0 Å². The molecule has 0 radical (unpaired) electrons. The van der Waals surface area contributed by atoms with Gasteiger partial charge in [0.15, 0.2) is 0 Å². The Kier molecular flexibility index (Phi) is 4.89. The summed E-state index contributed by atoms with van der Waals surface area (Å²) in [4.78, 5) is 0. The van der Waals surface area contributed by atoms with E-state index in [1.54, 1.807) is 0 Å². The molecule has 218 valence electrons. The van der Waals surface area contributed by atoms with Crippen molar-refractivity contribution >= 4 is 61.6 Å². The van der Waals surface area contributed by atoms with Gasteiger partial charge in [0.25, 0.3) is 0 Å². The van der Waals surface area contributed by atoms with E-state index in [1.165, 1.54) is 21.8 Å². The van der Waals surface area contributed by atoms with Gasteiger partial charge in [-0.15, -0.1) is 0 Å². The lowest BCUT2D eigenvalue weighted by Crippen LogP contribution is -2.53. The topological polar surface area (TPSA) is 36.5 Å². The SMILES string of the molecule is c1ccc2c(c1)OB1c3cc(-n4c5ccccc5c5ccccc54)ccc3Oc3cc(-c4cccc5c4oc4ccccc45)cc-2c31. The average Bonchev–Trinajstić information content (AvgIpc) is 3.67. The quantitative estimate of drug-likeness (QED) is 0.185. The predicted octanol–water partition coefficient (Wildman–Crippen LogP) is 9.62. The van der Waals surface area contributed by atoms with Gasteiger partial charge in [-0.3, -0.25) is 0 Å². The molecule has 47 heavy (non-hydrogen) atoms. The van der Waals surface area contributed by atoms with E-state index in [2.05, 4.69) is 132 Å². The summed E-state index contributed by atoms with van der Waals surface area (Å²) in [5.74, 6) is 2.48. The van der Waals surface area contributed by atoms with Crippen molar-refractivity contribution in [3.8, 4) is 45.2 Å². The van der Waals surface area contributed by atoms with Crippen molar-refractivity contribution in [2.45, 2.75) is 0 Å². The average molecular weight is 601 g/mol. The highest BCUT2D eigenvalue weighted by Gasteiger charge is 2.41. The molecule has 2 aliphatic rings. The van der Waals surface area contributed by atoms with Crippen LogP contribution in [-0.4, -0.2) is 11.5 Å².